The van der Waals surface area contributed by atoms with Crippen molar-refractivity contribution in [3.05, 3.63) is 65.2 Å². The van der Waals surface area contributed by atoms with Gasteiger partial charge in [-0.3, -0.25) is 4.79 Å². The standard InChI is InChI=1S/C15H11F3N2O2/c16-15(17,18)12-3-1-2-11(8-12)14(22)20-19-9-10-4-6-13(21)7-5-10/h1-9,21H,(H,20,22)/b19-9+. The first-order valence-electron chi connectivity index (χ1n) is 6.16. The average molecular weight is 308 g/mol. The second-order valence-corrected chi connectivity index (χ2v) is 4.37. The highest BCUT2D eigenvalue weighted by atomic mass is 19.4. The molecule has 22 heavy (non-hydrogen) atoms. The van der Waals surface area contributed by atoms with Crippen molar-refractivity contribution in [3.63, 3.8) is 0 Å². The van der Waals surface area contributed by atoms with Crippen LogP contribution >= 0.6 is 0 Å². The van der Waals surface area contributed by atoms with Crippen LogP contribution < -0.4 is 5.43 Å². The number of halogens is 3. The second kappa shape index (κ2) is 6.30. The lowest BCUT2D eigenvalue weighted by Gasteiger charge is -2.07. The molecule has 0 saturated heterocycles. The molecule has 0 atom stereocenters. The summed E-state index contributed by atoms with van der Waals surface area (Å²) in [6.45, 7) is 0. The zero-order valence-electron chi connectivity index (χ0n) is 11.1. The summed E-state index contributed by atoms with van der Waals surface area (Å²) in [5.74, 6) is -0.661. The van der Waals surface area contributed by atoms with E-state index in [0.29, 0.717) is 5.56 Å². The number of hydrazone groups is 1. The van der Waals surface area contributed by atoms with E-state index < -0.39 is 17.6 Å². The number of rotatable bonds is 3. The molecule has 0 spiro atoms. The maximum Gasteiger partial charge on any atom is 0.416 e. The molecule has 0 aliphatic rings. The van der Waals surface area contributed by atoms with Crippen LogP contribution in [-0.4, -0.2) is 17.2 Å². The number of benzene rings is 2. The van der Waals surface area contributed by atoms with Gasteiger partial charge in [0.05, 0.1) is 11.8 Å². The molecule has 4 nitrogen and oxygen atoms in total. The fourth-order valence-corrected chi connectivity index (χ4v) is 1.63. The van der Waals surface area contributed by atoms with Crippen LogP contribution in [0.3, 0.4) is 0 Å². The highest BCUT2D eigenvalue weighted by Crippen LogP contribution is 2.29. The Morgan fingerprint density at radius 2 is 1.82 bits per heavy atom. The van der Waals surface area contributed by atoms with Gasteiger partial charge in [-0.1, -0.05) is 6.07 Å². The third kappa shape index (κ3) is 4.08. The minimum Gasteiger partial charge on any atom is -0.508 e. The normalized spacial score (nSPS) is 11.6. The van der Waals surface area contributed by atoms with Crippen LogP contribution in [0.4, 0.5) is 13.2 Å². The monoisotopic (exact) mass is 308 g/mol. The Morgan fingerprint density at radius 1 is 1.14 bits per heavy atom. The summed E-state index contributed by atoms with van der Waals surface area (Å²) >= 11 is 0. The van der Waals surface area contributed by atoms with E-state index in [9.17, 15) is 18.0 Å². The van der Waals surface area contributed by atoms with Gasteiger partial charge in [0, 0.05) is 5.56 Å². The molecule has 0 heterocycles. The van der Waals surface area contributed by atoms with Crippen molar-refractivity contribution in [2.75, 3.05) is 0 Å². The van der Waals surface area contributed by atoms with Crippen LogP contribution in [0.25, 0.3) is 0 Å². The maximum atomic E-state index is 12.6. The van der Waals surface area contributed by atoms with Gasteiger partial charge in [-0.05, 0) is 48.0 Å². The van der Waals surface area contributed by atoms with Crippen LogP contribution in [0.1, 0.15) is 21.5 Å². The predicted molar refractivity (Wildman–Crippen MR) is 74.6 cm³/mol. The van der Waals surface area contributed by atoms with Crippen LogP contribution in [0.15, 0.2) is 53.6 Å². The first kappa shape index (κ1) is 15.6. The van der Waals surface area contributed by atoms with Gasteiger partial charge in [0.1, 0.15) is 5.75 Å². The Bertz CT molecular complexity index is 695. The molecule has 2 aromatic carbocycles. The summed E-state index contributed by atoms with van der Waals surface area (Å²) in [4.78, 5) is 11.7. The van der Waals surface area contributed by atoms with Gasteiger partial charge in [0.25, 0.3) is 5.91 Å². The Kier molecular flexibility index (Phi) is 4.45. The fourth-order valence-electron chi connectivity index (χ4n) is 1.63. The molecule has 0 saturated carbocycles. The van der Waals surface area contributed by atoms with E-state index in [4.69, 9.17) is 5.11 Å². The van der Waals surface area contributed by atoms with Gasteiger partial charge in [0.15, 0.2) is 0 Å². The molecule has 0 unspecified atom stereocenters. The fraction of sp³-hybridized carbons (Fsp3) is 0.0667. The minimum atomic E-state index is -4.51. The first-order chi connectivity index (χ1) is 10.4. The van der Waals surface area contributed by atoms with Crippen molar-refractivity contribution < 1.29 is 23.1 Å². The van der Waals surface area contributed by atoms with E-state index in [1.165, 1.54) is 24.4 Å². The summed E-state index contributed by atoms with van der Waals surface area (Å²) in [5.41, 5.74) is 1.71. The Labute approximate surface area is 123 Å². The zero-order valence-corrected chi connectivity index (χ0v) is 11.1. The SMILES string of the molecule is O=C(N/N=C/c1ccc(O)cc1)c1cccc(C(F)(F)F)c1. The number of nitrogens with one attached hydrogen (secondary N) is 1. The van der Waals surface area contributed by atoms with Gasteiger partial charge >= 0.3 is 6.18 Å². The van der Waals surface area contributed by atoms with Gasteiger partial charge in [0.2, 0.25) is 0 Å². The lowest BCUT2D eigenvalue weighted by atomic mass is 10.1. The summed E-state index contributed by atoms with van der Waals surface area (Å²) in [7, 11) is 0. The molecule has 7 heteroatoms. The topological polar surface area (TPSA) is 61.7 Å². The Morgan fingerprint density at radius 3 is 2.45 bits per heavy atom. The van der Waals surface area contributed by atoms with Crippen LogP contribution in [0.5, 0.6) is 5.75 Å². The molecule has 0 fully saturated rings. The van der Waals surface area contributed by atoms with Crippen molar-refractivity contribution in [2.24, 2.45) is 5.10 Å². The molecular weight excluding hydrogens is 297 g/mol. The third-order valence-electron chi connectivity index (χ3n) is 2.72. The number of nitrogens with zero attached hydrogens (tertiary/aromatic N) is 1. The van der Waals surface area contributed by atoms with Crippen molar-refractivity contribution in [1.29, 1.82) is 0 Å². The summed E-state index contributed by atoms with van der Waals surface area (Å²) in [5, 5.41) is 12.8. The highest BCUT2D eigenvalue weighted by Gasteiger charge is 2.30. The van der Waals surface area contributed by atoms with E-state index >= 15 is 0 Å². The number of hydrogen-bond acceptors (Lipinski definition) is 3. The number of aromatic hydroxyl groups is 1. The molecule has 0 bridgehead atoms. The highest BCUT2D eigenvalue weighted by molar-refractivity contribution is 5.95. The molecule has 0 aliphatic heterocycles. The van der Waals surface area contributed by atoms with Gasteiger partial charge in [-0.25, -0.2) is 5.43 Å². The van der Waals surface area contributed by atoms with Gasteiger partial charge in [-0.15, -0.1) is 0 Å². The summed E-state index contributed by atoms with van der Waals surface area (Å²) in [6.07, 6.45) is -3.20. The molecule has 114 valence electrons. The molecule has 2 rings (SSSR count). The molecular formula is C15H11F3N2O2. The number of carbonyl (C=O) groups excluding carboxylic acids is 1. The van der Waals surface area contributed by atoms with E-state index in [0.717, 1.165) is 18.2 Å². The molecule has 0 radical (unpaired) electrons. The lowest BCUT2D eigenvalue weighted by molar-refractivity contribution is -0.137. The predicted octanol–water partition coefficient (Wildman–Crippen LogP) is 3.17. The van der Waals surface area contributed by atoms with E-state index in [-0.39, 0.29) is 11.3 Å². The van der Waals surface area contributed by atoms with Crippen molar-refractivity contribution >= 4 is 12.1 Å². The number of alkyl halides is 3. The lowest BCUT2D eigenvalue weighted by Crippen LogP contribution is -2.18. The average Bonchev–Trinajstić information content (AvgIpc) is 2.48. The molecule has 0 aliphatic carbocycles. The number of phenolic OH excluding ortho intramolecular Hbond substituents is 1. The number of amides is 1. The van der Waals surface area contributed by atoms with E-state index in [1.807, 2.05) is 0 Å². The molecule has 2 N–H and O–H groups in total. The number of hydrogen-bond donors (Lipinski definition) is 2. The first-order valence-corrected chi connectivity index (χ1v) is 6.16. The Balaban J connectivity index is 2.05. The minimum absolute atomic E-state index is 0.0881. The van der Waals surface area contributed by atoms with Crippen molar-refractivity contribution in [1.82, 2.24) is 5.43 Å². The summed E-state index contributed by atoms with van der Waals surface area (Å²) in [6, 6.07) is 10.1. The second-order valence-electron chi connectivity index (χ2n) is 4.37. The van der Waals surface area contributed by atoms with Crippen LogP contribution in [-0.2, 0) is 6.18 Å². The largest absolute Gasteiger partial charge is 0.508 e. The van der Waals surface area contributed by atoms with Crippen molar-refractivity contribution in [3.8, 4) is 5.75 Å². The maximum absolute atomic E-state index is 12.6. The molecule has 1 amide bonds. The smallest absolute Gasteiger partial charge is 0.416 e. The van der Waals surface area contributed by atoms with Crippen LogP contribution in [0.2, 0.25) is 0 Å². The summed E-state index contributed by atoms with van der Waals surface area (Å²) < 4.78 is 37.7. The van der Waals surface area contributed by atoms with Gasteiger partial charge < -0.3 is 5.11 Å². The molecule has 2 aromatic rings. The molecule has 0 aromatic heterocycles. The number of phenols is 1. The van der Waals surface area contributed by atoms with Crippen LogP contribution in [0, 0.1) is 0 Å². The van der Waals surface area contributed by atoms with E-state index in [1.54, 1.807) is 12.1 Å². The van der Waals surface area contributed by atoms with Gasteiger partial charge in [-0.2, -0.15) is 18.3 Å². The zero-order chi connectivity index (χ0) is 16.2. The third-order valence-corrected chi connectivity index (χ3v) is 2.72. The Hall–Kier alpha value is -2.83. The van der Waals surface area contributed by atoms with E-state index in [2.05, 4.69) is 10.5 Å². The quantitative estimate of drug-likeness (QED) is 0.676. The number of carbonyl (C=O) groups is 1. The van der Waals surface area contributed by atoms with Crippen molar-refractivity contribution in [2.45, 2.75) is 6.18 Å².